The highest BCUT2D eigenvalue weighted by Gasteiger charge is 2.17. The number of rotatable bonds is 4. The Morgan fingerprint density at radius 3 is 3.00 bits per heavy atom. The van der Waals surface area contributed by atoms with Crippen LogP contribution in [0.25, 0.3) is 11.0 Å². The minimum atomic E-state index is -0.340. The van der Waals surface area contributed by atoms with E-state index in [9.17, 15) is 4.79 Å². The van der Waals surface area contributed by atoms with Crippen LogP contribution in [-0.2, 0) is 16.0 Å². The molecule has 1 heterocycles. The first-order valence-corrected chi connectivity index (χ1v) is 5.55. The number of aromatic nitrogens is 2. The highest BCUT2D eigenvalue weighted by molar-refractivity contribution is 5.75. The van der Waals surface area contributed by atoms with Gasteiger partial charge in [-0.1, -0.05) is 12.1 Å². The number of methoxy groups -OCH3 is 1. The lowest BCUT2D eigenvalue weighted by molar-refractivity contribution is -0.409. The van der Waals surface area contributed by atoms with Crippen LogP contribution in [0.1, 0.15) is 12.2 Å². The third kappa shape index (κ3) is 2.62. The summed E-state index contributed by atoms with van der Waals surface area (Å²) in [6, 6.07) is 7.51. The number of aromatic amines is 1. The summed E-state index contributed by atoms with van der Waals surface area (Å²) in [6.45, 7) is 0. The van der Waals surface area contributed by atoms with Gasteiger partial charge in [0.1, 0.15) is 5.82 Å². The van der Waals surface area contributed by atoms with Crippen molar-refractivity contribution >= 4 is 17.0 Å². The lowest BCUT2D eigenvalue weighted by Crippen LogP contribution is -2.65. The maximum Gasteiger partial charge on any atom is 0.364 e. The molecule has 0 spiro atoms. The van der Waals surface area contributed by atoms with E-state index in [0.29, 0.717) is 12.8 Å². The number of carbonyl (C=O) groups excluding carboxylic acids is 1. The smallest absolute Gasteiger partial charge is 0.364 e. The summed E-state index contributed by atoms with van der Waals surface area (Å²) in [6.07, 6.45) is 1.32. The monoisotopic (exact) mass is 234 g/mol. The molecule has 1 atom stereocenters. The van der Waals surface area contributed by atoms with Gasteiger partial charge in [-0.2, -0.15) is 0 Å². The second-order valence-electron chi connectivity index (χ2n) is 3.96. The van der Waals surface area contributed by atoms with E-state index in [1.807, 2.05) is 24.3 Å². The van der Waals surface area contributed by atoms with Crippen molar-refractivity contribution in [1.29, 1.82) is 0 Å². The van der Waals surface area contributed by atoms with Gasteiger partial charge in [-0.15, -0.1) is 0 Å². The number of H-pyrrole nitrogens is 1. The minimum Gasteiger partial charge on any atom is -0.465 e. The number of para-hydroxylation sites is 2. The maximum atomic E-state index is 11.2. The molecule has 4 N–H and O–H groups in total. The Bertz CT molecular complexity index is 488. The molecule has 17 heavy (non-hydrogen) atoms. The van der Waals surface area contributed by atoms with Gasteiger partial charge in [0, 0.05) is 12.8 Å². The van der Waals surface area contributed by atoms with Gasteiger partial charge in [0.05, 0.1) is 18.1 Å². The quantitative estimate of drug-likeness (QED) is 0.745. The fraction of sp³-hybridized carbons (Fsp3) is 0.333. The fourth-order valence-electron chi connectivity index (χ4n) is 1.72. The van der Waals surface area contributed by atoms with E-state index in [1.54, 1.807) is 0 Å². The Hall–Kier alpha value is -1.88. The summed E-state index contributed by atoms with van der Waals surface area (Å²) >= 11 is 0. The highest BCUT2D eigenvalue weighted by Crippen LogP contribution is 2.11. The lowest BCUT2D eigenvalue weighted by atomic mass is 10.1. The van der Waals surface area contributed by atoms with Crippen molar-refractivity contribution in [1.82, 2.24) is 9.97 Å². The number of benzene rings is 1. The number of quaternary nitrogens is 1. The Morgan fingerprint density at radius 2 is 2.29 bits per heavy atom. The molecule has 0 amide bonds. The van der Waals surface area contributed by atoms with Gasteiger partial charge in [0.2, 0.25) is 0 Å². The van der Waals surface area contributed by atoms with Crippen molar-refractivity contribution in [2.75, 3.05) is 7.11 Å². The molecule has 1 aromatic carbocycles. The molecule has 5 nitrogen and oxygen atoms in total. The predicted molar refractivity (Wildman–Crippen MR) is 63.1 cm³/mol. The topological polar surface area (TPSA) is 82.6 Å². The highest BCUT2D eigenvalue weighted by atomic mass is 16.5. The van der Waals surface area contributed by atoms with Crippen LogP contribution < -0.4 is 5.73 Å². The van der Waals surface area contributed by atoms with Gasteiger partial charge in [-0.3, -0.25) is 0 Å². The van der Waals surface area contributed by atoms with Crippen molar-refractivity contribution in [3.05, 3.63) is 30.1 Å². The molecule has 0 saturated heterocycles. The predicted octanol–water partition coefficient (Wildman–Crippen LogP) is 0.279. The zero-order valence-corrected chi connectivity index (χ0v) is 9.77. The van der Waals surface area contributed by atoms with Crippen LogP contribution >= 0.6 is 0 Å². The second-order valence-corrected chi connectivity index (χ2v) is 3.96. The number of hydrogen-bond donors (Lipinski definition) is 2. The Balaban J connectivity index is 2.01. The molecular formula is C12H16N3O2+. The number of nitrogens with one attached hydrogen (secondary N) is 1. The number of carbonyl (C=O) groups is 1. The van der Waals surface area contributed by atoms with E-state index in [-0.39, 0.29) is 12.0 Å². The zero-order valence-electron chi connectivity index (χ0n) is 9.77. The first-order valence-electron chi connectivity index (χ1n) is 5.55. The molecule has 0 aliphatic heterocycles. The van der Waals surface area contributed by atoms with Crippen molar-refractivity contribution in [3.8, 4) is 0 Å². The molecule has 5 heteroatoms. The number of fused-ring (bicyclic) bond motifs is 1. The number of nitrogens with zero attached hydrogens (tertiary/aromatic N) is 1. The summed E-state index contributed by atoms with van der Waals surface area (Å²) in [4.78, 5) is 18.8. The molecule has 0 aliphatic rings. The van der Waals surface area contributed by atoms with E-state index in [2.05, 4.69) is 20.4 Å². The summed E-state index contributed by atoms with van der Waals surface area (Å²) in [5.74, 6) is 0.602. The molecular weight excluding hydrogens is 218 g/mol. The van der Waals surface area contributed by atoms with Crippen LogP contribution in [0, 0.1) is 0 Å². The lowest BCUT2D eigenvalue weighted by Gasteiger charge is -2.03. The molecule has 0 bridgehead atoms. The molecule has 0 fully saturated rings. The molecule has 0 saturated carbocycles. The van der Waals surface area contributed by atoms with Crippen LogP contribution in [0.15, 0.2) is 24.3 Å². The Labute approximate surface area is 99.0 Å². The second kappa shape index (κ2) is 4.97. The van der Waals surface area contributed by atoms with Gasteiger partial charge >= 0.3 is 5.97 Å². The summed E-state index contributed by atoms with van der Waals surface area (Å²) in [5.41, 5.74) is 5.72. The van der Waals surface area contributed by atoms with Gasteiger partial charge in [-0.05, 0) is 12.1 Å². The number of esters is 1. The van der Waals surface area contributed by atoms with E-state index >= 15 is 0 Å². The number of imidazole rings is 1. The molecule has 90 valence electrons. The van der Waals surface area contributed by atoms with Gasteiger partial charge < -0.3 is 15.5 Å². The van der Waals surface area contributed by atoms with Crippen LogP contribution in [0.2, 0.25) is 0 Å². The van der Waals surface area contributed by atoms with E-state index < -0.39 is 0 Å². The maximum absolute atomic E-state index is 11.2. The molecule has 0 unspecified atom stereocenters. The molecule has 2 rings (SSSR count). The first-order chi connectivity index (χ1) is 8.20. The van der Waals surface area contributed by atoms with E-state index in [4.69, 9.17) is 0 Å². The number of aryl methyl sites for hydroxylation is 1. The van der Waals surface area contributed by atoms with E-state index in [0.717, 1.165) is 16.9 Å². The zero-order chi connectivity index (χ0) is 12.3. The number of hydrogen-bond acceptors (Lipinski definition) is 3. The average Bonchev–Trinajstić information content (AvgIpc) is 2.77. The van der Waals surface area contributed by atoms with Crippen molar-refractivity contribution < 1.29 is 15.3 Å². The van der Waals surface area contributed by atoms with Crippen molar-refractivity contribution in [3.63, 3.8) is 0 Å². The summed E-state index contributed by atoms with van der Waals surface area (Å²) in [5, 5.41) is 0. The fourth-order valence-corrected chi connectivity index (χ4v) is 1.72. The summed E-state index contributed by atoms with van der Waals surface area (Å²) in [7, 11) is 1.38. The van der Waals surface area contributed by atoms with Gasteiger partial charge in [0.25, 0.3) is 0 Å². The summed E-state index contributed by atoms with van der Waals surface area (Å²) < 4.78 is 4.63. The van der Waals surface area contributed by atoms with Gasteiger partial charge in [0.15, 0.2) is 6.04 Å². The normalized spacial score (nSPS) is 12.6. The largest absolute Gasteiger partial charge is 0.465 e. The average molecular weight is 234 g/mol. The first kappa shape index (κ1) is 11.6. The van der Waals surface area contributed by atoms with Crippen LogP contribution in [0.5, 0.6) is 0 Å². The Morgan fingerprint density at radius 1 is 1.53 bits per heavy atom. The van der Waals surface area contributed by atoms with Crippen molar-refractivity contribution in [2.24, 2.45) is 0 Å². The molecule has 2 aromatic rings. The third-order valence-electron chi connectivity index (χ3n) is 2.70. The third-order valence-corrected chi connectivity index (χ3v) is 2.70. The standard InChI is InChI=1S/C12H15N3O2/c1-17-12(16)8(13)6-7-11-14-9-4-2-3-5-10(9)15-11/h2-5,8H,6-7,13H2,1H3,(H,14,15)/p+1/t8-/m1/s1. The SMILES string of the molecule is COC(=O)[C@H]([NH3+])CCc1nc2ccccc2[nH]1. The molecule has 0 radical (unpaired) electrons. The van der Waals surface area contributed by atoms with Crippen LogP contribution in [0.4, 0.5) is 0 Å². The minimum absolute atomic E-state index is 0.277. The van der Waals surface area contributed by atoms with Crippen LogP contribution in [-0.4, -0.2) is 29.1 Å². The Kier molecular flexibility index (Phi) is 3.39. The molecule has 1 aromatic heterocycles. The molecule has 0 aliphatic carbocycles. The number of ether oxygens (including phenoxy) is 1. The van der Waals surface area contributed by atoms with Crippen molar-refractivity contribution in [2.45, 2.75) is 18.9 Å². The van der Waals surface area contributed by atoms with Gasteiger partial charge in [-0.25, -0.2) is 9.78 Å². The van der Waals surface area contributed by atoms with Crippen LogP contribution in [0.3, 0.4) is 0 Å². The van der Waals surface area contributed by atoms with E-state index in [1.165, 1.54) is 7.11 Å².